The number of hydrogen-bond acceptors (Lipinski definition) is 3. The lowest BCUT2D eigenvalue weighted by molar-refractivity contribution is 0.266. The highest BCUT2D eigenvalue weighted by atomic mass is 16.5. The number of benzene rings is 1. The third kappa shape index (κ3) is 2.03. The molecular formula is C14H18N2O. The van der Waals surface area contributed by atoms with E-state index in [0.717, 1.165) is 31.9 Å². The first kappa shape index (κ1) is 10.7. The molecule has 1 unspecified atom stereocenters. The molecule has 1 aromatic rings. The first-order valence-corrected chi connectivity index (χ1v) is 6.28. The topological polar surface area (TPSA) is 24.5 Å². The maximum atomic E-state index is 5.97. The van der Waals surface area contributed by atoms with Gasteiger partial charge in [-0.3, -0.25) is 0 Å². The molecule has 0 radical (unpaired) electrons. The van der Waals surface area contributed by atoms with E-state index in [1.807, 2.05) is 0 Å². The molecule has 1 N–H and O–H groups in total. The number of ether oxygens (including phenoxy) is 1. The monoisotopic (exact) mass is 230 g/mol. The van der Waals surface area contributed by atoms with Crippen molar-refractivity contribution in [3.8, 4) is 5.75 Å². The minimum atomic E-state index is 0.173. The second kappa shape index (κ2) is 4.41. The van der Waals surface area contributed by atoms with Gasteiger partial charge in [-0.2, -0.15) is 0 Å². The highest BCUT2D eigenvalue weighted by Crippen LogP contribution is 2.36. The average Bonchev–Trinajstić information content (AvgIpc) is 2.39. The second-order valence-electron chi connectivity index (χ2n) is 4.61. The number of rotatable bonds is 1. The van der Waals surface area contributed by atoms with Crippen molar-refractivity contribution in [1.29, 1.82) is 0 Å². The summed E-state index contributed by atoms with van der Waals surface area (Å²) in [6.45, 7) is 6.29. The normalized spacial score (nSPS) is 23.1. The quantitative estimate of drug-likeness (QED) is 0.797. The minimum absolute atomic E-state index is 0.173. The zero-order valence-electron chi connectivity index (χ0n) is 10.1. The first-order valence-electron chi connectivity index (χ1n) is 6.28. The lowest BCUT2D eigenvalue weighted by Gasteiger charge is -2.32. The summed E-state index contributed by atoms with van der Waals surface area (Å²) >= 11 is 0. The molecule has 1 aromatic carbocycles. The van der Waals surface area contributed by atoms with Crippen LogP contribution in [0.4, 0.5) is 5.69 Å². The van der Waals surface area contributed by atoms with E-state index in [0.29, 0.717) is 0 Å². The van der Waals surface area contributed by atoms with Crippen LogP contribution in [0.2, 0.25) is 0 Å². The van der Waals surface area contributed by atoms with Crippen molar-refractivity contribution in [2.24, 2.45) is 0 Å². The van der Waals surface area contributed by atoms with Gasteiger partial charge in [-0.05, 0) is 19.1 Å². The van der Waals surface area contributed by atoms with Gasteiger partial charge in [0.2, 0.25) is 0 Å². The van der Waals surface area contributed by atoms with Gasteiger partial charge in [-0.1, -0.05) is 18.2 Å². The third-order valence-corrected chi connectivity index (χ3v) is 3.33. The molecule has 3 rings (SSSR count). The summed E-state index contributed by atoms with van der Waals surface area (Å²) in [5.74, 6) is 1.05. The van der Waals surface area contributed by atoms with Crippen LogP contribution in [0.3, 0.4) is 0 Å². The number of para-hydroxylation sites is 1. The van der Waals surface area contributed by atoms with Gasteiger partial charge in [0.15, 0.2) is 5.75 Å². The van der Waals surface area contributed by atoms with Crippen LogP contribution in [-0.2, 0) is 0 Å². The van der Waals surface area contributed by atoms with Crippen LogP contribution in [0, 0.1) is 0 Å². The summed E-state index contributed by atoms with van der Waals surface area (Å²) in [7, 11) is 0. The van der Waals surface area contributed by atoms with E-state index in [-0.39, 0.29) is 6.10 Å². The molecule has 0 amide bonds. The van der Waals surface area contributed by atoms with E-state index in [1.165, 1.54) is 11.3 Å². The SMILES string of the molecule is CC1C=Cc2cccc(N3CCNCC3)c2O1. The van der Waals surface area contributed by atoms with Crippen molar-refractivity contribution < 1.29 is 4.74 Å². The molecule has 1 saturated heterocycles. The predicted molar refractivity (Wildman–Crippen MR) is 70.6 cm³/mol. The molecule has 2 aliphatic heterocycles. The largest absolute Gasteiger partial charge is 0.484 e. The number of hydrogen-bond donors (Lipinski definition) is 1. The van der Waals surface area contributed by atoms with Crippen LogP contribution < -0.4 is 15.0 Å². The molecule has 3 nitrogen and oxygen atoms in total. The minimum Gasteiger partial charge on any atom is -0.484 e. The van der Waals surface area contributed by atoms with Crippen LogP contribution in [0.25, 0.3) is 6.08 Å². The number of anilines is 1. The van der Waals surface area contributed by atoms with Gasteiger partial charge in [-0.25, -0.2) is 0 Å². The summed E-state index contributed by atoms with van der Waals surface area (Å²) in [5.41, 5.74) is 2.43. The smallest absolute Gasteiger partial charge is 0.150 e. The van der Waals surface area contributed by atoms with Crippen molar-refractivity contribution in [2.45, 2.75) is 13.0 Å². The van der Waals surface area contributed by atoms with E-state index in [1.54, 1.807) is 0 Å². The Hall–Kier alpha value is -1.48. The summed E-state index contributed by atoms with van der Waals surface area (Å²) in [6.07, 6.45) is 4.44. The van der Waals surface area contributed by atoms with Crippen molar-refractivity contribution in [3.63, 3.8) is 0 Å². The Morgan fingerprint density at radius 1 is 1.29 bits per heavy atom. The van der Waals surface area contributed by atoms with E-state index in [9.17, 15) is 0 Å². The zero-order chi connectivity index (χ0) is 11.7. The van der Waals surface area contributed by atoms with E-state index in [4.69, 9.17) is 4.74 Å². The molecule has 3 heteroatoms. The van der Waals surface area contributed by atoms with Gasteiger partial charge >= 0.3 is 0 Å². The average molecular weight is 230 g/mol. The van der Waals surface area contributed by atoms with Crippen LogP contribution >= 0.6 is 0 Å². The zero-order valence-corrected chi connectivity index (χ0v) is 10.1. The van der Waals surface area contributed by atoms with E-state index < -0.39 is 0 Å². The Bertz CT molecular complexity index is 436. The molecule has 90 valence electrons. The molecule has 1 fully saturated rings. The van der Waals surface area contributed by atoms with Crippen molar-refractivity contribution in [3.05, 3.63) is 29.8 Å². The summed E-state index contributed by atoms with van der Waals surface area (Å²) in [6, 6.07) is 6.39. The number of nitrogens with one attached hydrogen (secondary N) is 1. The molecule has 0 aromatic heterocycles. The summed E-state index contributed by atoms with van der Waals surface area (Å²) < 4.78 is 5.97. The molecule has 2 heterocycles. The Kier molecular flexibility index (Phi) is 2.77. The standard InChI is InChI=1S/C14H18N2O/c1-11-5-6-12-3-2-4-13(14(12)17-11)16-9-7-15-8-10-16/h2-6,11,15H,7-10H2,1H3. The molecule has 0 spiro atoms. The van der Waals surface area contributed by atoms with Crippen LogP contribution in [0.15, 0.2) is 24.3 Å². The number of nitrogens with zero attached hydrogens (tertiary/aromatic N) is 1. The lowest BCUT2D eigenvalue weighted by atomic mass is 10.1. The Balaban J connectivity index is 1.97. The van der Waals surface area contributed by atoms with Crippen molar-refractivity contribution in [2.75, 3.05) is 31.1 Å². The van der Waals surface area contributed by atoms with Crippen LogP contribution in [0.1, 0.15) is 12.5 Å². The maximum absolute atomic E-state index is 5.97. The van der Waals surface area contributed by atoms with Gasteiger partial charge < -0.3 is 15.0 Å². The van der Waals surface area contributed by atoms with Gasteiger partial charge in [0.25, 0.3) is 0 Å². The highest BCUT2D eigenvalue weighted by molar-refractivity contribution is 5.72. The Morgan fingerprint density at radius 3 is 2.94 bits per heavy atom. The second-order valence-corrected chi connectivity index (χ2v) is 4.61. The van der Waals surface area contributed by atoms with Gasteiger partial charge in [0.05, 0.1) is 5.69 Å². The summed E-state index contributed by atoms with van der Waals surface area (Å²) in [4.78, 5) is 2.40. The fourth-order valence-electron chi connectivity index (χ4n) is 2.42. The molecule has 0 bridgehead atoms. The van der Waals surface area contributed by atoms with E-state index >= 15 is 0 Å². The maximum Gasteiger partial charge on any atom is 0.150 e. The van der Waals surface area contributed by atoms with E-state index in [2.05, 4.69) is 47.5 Å². The first-order chi connectivity index (χ1) is 8.34. The molecule has 0 saturated carbocycles. The molecular weight excluding hydrogens is 212 g/mol. The van der Waals surface area contributed by atoms with Crippen LogP contribution in [0.5, 0.6) is 5.75 Å². The lowest BCUT2D eigenvalue weighted by Crippen LogP contribution is -2.43. The molecule has 0 aliphatic carbocycles. The fourth-order valence-corrected chi connectivity index (χ4v) is 2.42. The molecule has 2 aliphatic rings. The third-order valence-electron chi connectivity index (χ3n) is 3.33. The number of piperazine rings is 1. The summed E-state index contributed by atoms with van der Waals surface area (Å²) in [5, 5.41) is 3.38. The fraction of sp³-hybridized carbons (Fsp3) is 0.429. The highest BCUT2D eigenvalue weighted by Gasteiger charge is 2.19. The molecule has 17 heavy (non-hydrogen) atoms. The van der Waals surface area contributed by atoms with Gasteiger partial charge in [-0.15, -0.1) is 0 Å². The molecule has 1 atom stereocenters. The van der Waals surface area contributed by atoms with Crippen LogP contribution in [-0.4, -0.2) is 32.3 Å². The predicted octanol–water partition coefficient (Wildman–Crippen LogP) is 1.89. The van der Waals surface area contributed by atoms with Crippen molar-refractivity contribution in [1.82, 2.24) is 5.32 Å². The van der Waals surface area contributed by atoms with Crippen molar-refractivity contribution >= 4 is 11.8 Å². The van der Waals surface area contributed by atoms with Gasteiger partial charge in [0.1, 0.15) is 6.10 Å². The Morgan fingerprint density at radius 2 is 2.12 bits per heavy atom. The number of fused-ring (bicyclic) bond motifs is 1. The Labute approximate surface area is 102 Å². The van der Waals surface area contributed by atoms with Gasteiger partial charge in [0, 0.05) is 31.7 Å².